The number of hydrogen-bond donors (Lipinski definition) is 1. The third-order valence-electron chi connectivity index (χ3n) is 4.77. The summed E-state index contributed by atoms with van der Waals surface area (Å²) in [5.74, 6) is 1.51. The van der Waals surface area contributed by atoms with E-state index in [0.29, 0.717) is 22.2 Å². The molecule has 2 heterocycles. The molecular formula is C24H24N4O3S2. The molecule has 0 spiro atoms. The Hall–Kier alpha value is -3.17. The normalized spacial score (nSPS) is 11.0. The van der Waals surface area contributed by atoms with Crippen LogP contribution in [0.25, 0.3) is 11.3 Å². The van der Waals surface area contributed by atoms with Crippen LogP contribution >= 0.6 is 23.1 Å². The van der Waals surface area contributed by atoms with E-state index >= 15 is 0 Å². The first-order valence-corrected chi connectivity index (χ1v) is 12.3. The van der Waals surface area contributed by atoms with Gasteiger partial charge in [-0.15, -0.1) is 21.5 Å². The number of carbonyl (C=O) groups excluding carboxylic acids is 1. The summed E-state index contributed by atoms with van der Waals surface area (Å²) in [5, 5.41) is 11.7. The average Bonchev–Trinajstić information content (AvgIpc) is 3.43. The Morgan fingerprint density at radius 2 is 1.88 bits per heavy atom. The smallest absolute Gasteiger partial charge is 0.277 e. The van der Waals surface area contributed by atoms with Gasteiger partial charge in [0.15, 0.2) is 11.7 Å². The van der Waals surface area contributed by atoms with Crippen LogP contribution in [0.3, 0.4) is 0 Å². The summed E-state index contributed by atoms with van der Waals surface area (Å²) >= 11 is 2.62. The molecule has 9 heteroatoms. The number of thiazole rings is 1. The third-order valence-corrected chi connectivity index (χ3v) is 6.48. The molecule has 0 bridgehead atoms. The summed E-state index contributed by atoms with van der Waals surface area (Å²) in [5.41, 5.74) is 3.16. The molecule has 7 nitrogen and oxygen atoms in total. The van der Waals surface area contributed by atoms with Gasteiger partial charge in [-0.2, -0.15) is 0 Å². The van der Waals surface area contributed by atoms with Crippen LogP contribution in [-0.2, 0) is 11.4 Å². The van der Waals surface area contributed by atoms with Crippen molar-refractivity contribution in [3.63, 3.8) is 0 Å². The van der Waals surface area contributed by atoms with E-state index in [1.54, 1.807) is 0 Å². The number of amides is 1. The van der Waals surface area contributed by atoms with E-state index in [4.69, 9.17) is 9.15 Å². The number of hydrogen-bond acceptors (Lipinski definition) is 8. The number of thioether (sulfide) groups is 1. The lowest BCUT2D eigenvalue weighted by molar-refractivity contribution is -0.113. The zero-order chi connectivity index (χ0) is 23.2. The minimum Gasteiger partial charge on any atom is -0.484 e. The summed E-state index contributed by atoms with van der Waals surface area (Å²) in [6, 6.07) is 17.8. The number of benzene rings is 2. The van der Waals surface area contributed by atoms with Gasteiger partial charge in [-0.05, 0) is 30.5 Å². The molecule has 4 rings (SSSR count). The fourth-order valence-corrected chi connectivity index (χ4v) is 4.48. The molecule has 4 aromatic rings. The SMILES string of the molecule is Cc1sc(NC(=O)CSc2nnc(COc3ccc(C(C)C)cc3)o2)nc1-c1ccccc1. The molecule has 0 aliphatic carbocycles. The molecule has 33 heavy (non-hydrogen) atoms. The zero-order valence-corrected chi connectivity index (χ0v) is 20.2. The number of anilines is 1. The van der Waals surface area contributed by atoms with Gasteiger partial charge in [-0.1, -0.05) is 68.1 Å². The molecule has 0 saturated carbocycles. The van der Waals surface area contributed by atoms with Crippen molar-refractivity contribution in [1.82, 2.24) is 15.2 Å². The first kappa shape index (κ1) is 23.0. The van der Waals surface area contributed by atoms with Crippen molar-refractivity contribution in [3.8, 4) is 17.0 Å². The van der Waals surface area contributed by atoms with Gasteiger partial charge in [0.1, 0.15) is 5.75 Å². The molecule has 0 saturated heterocycles. The highest BCUT2D eigenvalue weighted by atomic mass is 32.2. The van der Waals surface area contributed by atoms with Gasteiger partial charge in [-0.3, -0.25) is 4.79 Å². The predicted octanol–water partition coefficient (Wildman–Crippen LogP) is 5.93. The molecule has 0 radical (unpaired) electrons. The zero-order valence-electron chi connectivity index (χ0n) is 18.6. The van der Waals surface area contributed by atoms with Gasteiger partial charge >= 0.3 is 0 Å². The van der Waals surface area contributed by atoms with E-state index in [1.165, 1.54) is 28.7 Å². The Labute approximate surface area is 200 Å². The van der Waals surface area contributed by atoms with Crippen molar-refractivity contribution in [1.29, 1.82) is 0 Å². The molecular weight excluding hydrogens is 456 g/mol. The van der Waals surface area contributed by atoms with Crippen molar-refractivity contribution in [2.24, 2.45) is 0 Å². The number of rotatable bonds is 9. The summed E-state index contributed by atoms with van der Waals surface area (Å²) in [6.45, 7) is 6.45. The lowest BCUT2D eigenvalue weighted by atomic mass is 10.0. The van der Waals surface area contributed by atoms with Crippen LogP contribution in [0.5, 0.6) is 5.75 Å². The Kier molecular flexibility index (Phi) is 7.41. The number of nitrogens with zero attached hydrogens (tertiary/aromatic N) is 3. The van der Waals surface area contributed by atoms with Gasteiger partial charge in [0.25, 0.3) is 11.1 Å². The lowest BCUT2D eigenvalue weighted by Crippen LogP contribution is -2.13. The summed E-state index contributed by atoms with van der Waals surface area (Å²) in [4.78, 5) is 18.0. The Morgan fingerprint density at radius 3 is 2.61 bits per heavy atom. The van der Waals surface area contributed by atoms with Crippen LogP contribution in [0.15, 0.2) is 64.2 Å². The van der Waals surface area contributed by atoms with Gasteiger partial charge in [0.05, 0.1) is 11.4 Å². The van der Waals surface area contributed by atoms with E-state index in [0.717, 1.165) is 21.9 Å². The molecule has 1 N–H and O–H groups in total. The van der Waals surface area contributed by atoms with Gasteiger partial charge in [0.2, 0.25) is 5.91 Å². The number of ether oxygens (including phenoxy) is 1. The molecule has 0 atom stereocenters. The maximum Gasteiger partial charge on any atom is 0.277 e. The average molecular weight is 481 g/mol. The van der Waals surface area contributed by atoms with Crippen LogP contribution in [0.2, 0.25) is 0 Å². The number of carbonyl (C=O) groups is 1. The molecule has 2 aromatic carbocycles. The Balaban J connectivity index is 1.26. The second-order valence-electron chi connectivity index (χ2n) is 7.60. The van der Waals surface area contributed by atoms with Crippen LogP contribution in [0.1, 0.15) is 36.1 Å². The third kappa shape index (κ3) is 6.21. The van der Waals surface area contributed by atoms with E-state index in [1.807, 2.05) is 61.5 Å². The molecule has 0 aliphatic rings. The fourth-order valence-electron chi connectivity index (χ4n) is 3.05. The minimum absolute atomic E-state index is 0.137. The van der Waals surface area contributed by atoms with Crippen LogP contribution in [0, 0.1) is 6.92 Å². The van der Waals surface area contributed by atoms with E-state index in [-0.39, 0.29) is 18.3 Å². The number of aromatic nitrogens is 3. The first-order valence-electron chi connectivity index (χ1n) is 10.5. The van der Waals surface area contributed by atoms with E-state index in [9.17, 15) is 4.79 Å². The molecule has 0 aliphatic heterocycles. The standard InChI is InChI=1S/C24H24N4O3S2/c1-15(2)17-9-11-19(12-10-17)30-13-21-27-28-24(31-21)32-14-20(29)25-23-26-22(16(3)33-23)18-7-5-4-6-8-18/h4-12,15H,13-14H2,1-3H3,(H,25,26,29). The first-order chi connectivity index (χ1) is 16.0. The number of nitrogens with one attached hydrogen (secondary N) is 1. The lowest BCUT2D eigenvalue weighted by Gasteiger charge is -2.07. The molecule has 170 valence electrons. The summed E-state index contributed by atoms with van der Waals surface area (Å²) < 4.78 is 11.3. The second kappa shape index (κ2) is 10.6. The topological polar surface area (TPSA) is 90.1 Å². The molecule has 1 amide bonds. The van der Waals surface area contributed by atoms with Crippen LogP contribution in [0.4, 0.5) is 5.13 Å². The van der Waals surface area contributed by atoms with Gasteiger partial charge < -0.3 is 14.5 Å². The quantitative estimate of drug-likeness (QED) is 0.297. The fraction of sp³-hybridized carbons (Fsp3) is 0.250. The molecule has 0 unspecified atom stereocenters. The summed E-state index contributed by atoms with van der Waals surface area (Å²) in [7, 11) is 0. The van der Waals surface area contributed by atoms with Gasteiger partial charge in [0, 0.05) is 10.4 Å². The maximum absolute atomic E-state index is 12.4. The van der Waals surface area contributed by atoms with Gasteiger partial charge in [-0.25, -0.2) is 4.98 Å². The Bertz CT molecular complexity index is 1200. The van der Waals surface area contributed by atoms with Crippen molar-refractivity contribution in [2.45, 2.75) is 38.5 Å². The van der Waals surface area contributed by atoms with E-state index < -0.39 is 0 Å². The Morgan fingerprint density at radius 1 is 1.12 bits per heavy atom. The van der Waals surface area contributed by atoms with Crippen molar-refractivity contribution in [3.05, 3.63) is 70.9 Å². The highest BCUT2D eigenvalue weighted by Crippen LogP contribution is 2.30. The van der Waals surface area contributed by atoms with Crippen molar-refractivity contribution < 1.29 is 13.9 Å². The maximum atomic E-state index is 12.4. The predicted molar refractivity (Wildman–Crippen MR) is 131 cm³/mol. The highest BCUT2D eigenvalue weighted by molar-refractivity contribution is 7.99. The summed E-state index contributed by atoms with van der Waals surface area (Å²) in [6.07, 6.45) is 0. The highest BCUT2D eigenvalue weighted by Gasteiger charge is 2.14. The number of aryl methyl sites for hydroxylation is 1. The molecule has 2 aromatic heterocycles. The van der Waals surface area contributed by atoms with Crippen molar-refractivity contribution in [2.75, 3.05) is 11.1 Å². The van der Waals surface area contributed by atoms with Crippen LogP contribution in [-0.4, -0.2) is 26.8 Å². The second-order valence-corrected chi connectivity index (χ2v) is 9.73. The minimum atomic E-state index is -0.186. The van der Waals surface area contributed by atoms with E-state index in [2.05, 4.69) is 34.3 Å². The van der Waals surface area contributed by atoms with Crippen LogP contribution < -0.4 is 10.1 Å². The molecule has 0 fully saturated rings. The monoisotopic (exact) mass is 480 g/mol. The largest absolute Gasteiger partial charge is 0.484 e. The van der Waals surface area contributed by atoms with Crippen molar-refractivity contribution >= 4 is 34.1 Å².